The Balaban J connectivity index is 1.76. The van der Waals surface area contributed by atoms with E-state index in [0.29, 0.717) is 0 Å². The minimum Gasteiger partial charge on any atom is -0.354 e. The topological polar surface area (TPSA) is 20.2 Å². The largest absolute Gasteiger partial charge is 0.354 e. The minimum atomic E-state index is 1.19. The zero-order valence-electron chi connectivity index (χ0n) is 16.1. The Morgan fingerprint density at radius 2 is 1.33 bits per heavy atom. The lowest BCUT2D eigenvalue weighted by molar-refractivity contribution is 1.35. The number of hydrogen-bond acceptors (Lipinski definition) is 0. The van der Waals surface area contributed by atoms with Gasteiger partial charge in [0.15, 0.2) is 0 Å². The number of hydrogen-bond donors (Lipinski definition) is 1. The van der Waals surface area contributed by atoms with Crippen molar-refractivity contribution >= 4 is 70.7 Å². The van der Waals surface area contributed by atoms with Gasteiger partial charge in [0, 0.05) is 43.4 Å². The van der Waals surface area contributed by atoms with Crippen molar-refractivity contribution in [2.75, 3.05) is 0 Å². The van der Waals surface area contributed by atoms with Crippen LogP contribution in [0.5, 0.6) is 0 Å². The molecule has 0 atom stereocenters. The van der Waals surface area contributed by atoms with Crippen molar-refractivity contribution in [1.82, 2.24) is 9.38 Å². The molecule has 2 nitrogen and oxygen atoms in total. The fourth-order valence-electron chi connectivity index (χ4n) is 5.59. The van der Waals surface area contributed by atoms with Gasteiger partial charge in [-0.1, -0.05) is 66.7 Å². The van der Waals surface area contributed by atoms with E-state index in [-0.39, 0.29) is 0 Å². The van der Waals surface area contributed by atoms with E-state index in [1.807, 2.05) is 0 Å². The van der Waals surface area contributed by atoms with Crippen LogP contribution in [0, 0.1) is 0 Å². The normalized spacial score (nSPS) is 12.7. The fraction of sp³-hybridized carbons (Fsp3) is 0. The standard InChI is InChI=1S/C28H16N2/c1-3-10-23-17(7-1)21-14-22-20-13-12-16-6-5-9-19-18-8-2-4-11-25(18)30(28(20)27(16)19)26(22)15-24(21)29-23/h1-15,29H. The summed E-state index contributed by atoms with van der Waals surface area (Å²) in [5.41, 5.74) is 6.23. The molecule has 0 saturated heterocycles. The molecular formula is C28H16N2. The molecule has 3 aromatic heterocycles. The number of aromatic nitrogens is 2. The number of pyridine rings is 1. The van der Waals surface area contributed by atoms with Gasteiger partial charge in [0.05, 0.1) is 16.6 Å². The van der Waals surface area contributed by atoms with Crippen LogP contribution in [0.2, 0.25) is 0 Å². The first-order valence-corrected chi connectivity index (χ1v) is 10.4. The number of nitrogens with zero attached hydrogens (tertiary/aromatic N) is 1. The first-order valence-electron chi connectivity index (χ1n) is 10.4. The summed E-state index contributed by atoms with van der Waals surface area (Å²) in [4.78, 5) is 3.63. The summed E-state index contributed by atoms with van der Waals surface area (Å²) in [6, 6.07) is 33.3. The SMILES string of the molecule is c1ccc2c(c1)[nH]c1cc3c(cc12)c1ccc2cccc4c5ccccc5n3c1c24. The number of aromatic amines is 1. The van der Waals surface area contributed by atoms with Gasteiger partial charge in [-0.25, -0.2) is 0 Å². The van der Waals surface area contributed by atoms with Gasteiger partial charge in [0.25, 0.3) is 0 Å². The molecule has 0 aliphatic carbocycles. The van der Waals surface area contributed by atoms with Crippen LogP contribution in [0.15, 0.2) is 91.0 Å². The number of para-hydroxylation sites is 2. The molecule has 8 aromatic rings. The highest BCUT2D eigenvalue weighted by Crippen LogP contribution is 2.42. The van der Waals surface area contributed by atoms with Gasteiger partial charge >= 0.3 is 0 Å². The van der Waals surface area contributed by atoms with Crippen LogP contribution < -0.4 is 0 Å². The lowest BCUT2D eigenvalue weighted by Gasteiger charge is -2.12. The summed E-state index contributed by atoms with van der Waals surface area (Å²) >= 11 is 0. The van der Waals surface area contributed by atoms with E-state index < -0.39 is 0 Å². The van der Waals surface area contributed by atoms with E-state index in [0.717, 1.165) is 0 Å². The summed E-state index contributed by atoms with van der Waals surface area (Å²) < 4.78 is 2.47. The Morgan fingerprint density at radius 1 is 0.500 bits per heavy atom. The second kappa shape index (κ2) is 4.92. The summed E-state index contributed by atoms with van der Waals surface area (Å²) in [6.45, 7) is 0. The van der Waals surface area contributed by atoms with Crippen LogP contribution >= 0.6 is 0 Å². The molecule has 138 valence electrons. The van der Waals surface area contributed by atoms with E-state index in [1.54, 1.807) is 0 Å². The van der Waals surface area contributed by atoms with Crippen molar-refractivity contribution in [1.29, 1.82) is 0 Å². The fourth-order valence-corrected chi connectivity index (χ4v) is 5.59. The number of rotatable bonds is 0. The zero-order valence-corrected chi connectivity index (χ0v) is 16.1. The Bertz CT molecular complexity index is 1950. The van der Waals surface area contributed by atoms with Crippen molar-refractivity contribution < 1.29 is 0 Å². The van der Waals surface area contributed by atoms with Crippen molar-refractivity contribution in [3.63, 3.8) is 0 Å². The van der Waals surface area contributed by atoms with Gasteiger partial charge in [-0.15, -0.1) is 0 Å². The monoisotopic (exact) mass is 380 g/mol. The Morgan fingerprint density at radius 3 is 2.30 bits per heavy atom. The summed E-state index contributed by atoms with van der Waals surface area (Å²) in [5.74, 6) is 0. The molecule has 0 radical (unpaired) electrons. The van der Waals surface area contributed by atoms with Crippen molar-refractivity contribution in [3.8, 4) is 0 Å². The summed E-state index contributed by atoms with van der Waals surface area (Å²) in [5, 5.41) is 10.5. The lowest BCUT2D eigenvalue weighted by atomic mass is 9.98. The third-order valence-corrected chi connectivity index (χ3v) is 6.83. The lowest BCUT2D eigenvalue weighted by Crippen LogP contribution is -1.91. The van der Waals surface area contributed by atoms with Crippen LogP contribution in [0.3, 0.4) is 0 Å². The third-order valence-electron chi connectivity index (χ3n) is 6.83. The van der Waals surface area contributed by atoms with Crippen molar-refractivity contribution in [3.05, 3.63) is 91.0 Å². The summed E-state index contributed by atoms with van der Waals surface area (Å²) in [6.07, 6.45) is 0. The van der Waals surface area contributed by atoms with Gasteiger partial charge in [0.2, 0.25) is 0 Å². The molecule has 0 fully saturated rings. The van der Waals surface area contributed by atoms with Crippen LogP contribution in [-0.4, -0.2) is 9.38 Å². The minimum absolute atomic E-state index is 1.19. The van der Waals surface area contributed by atoms with E-state index in [2.05, 4.69) is 100 Å². The quantitative estimate of drug-likeness (QED) is 0.206. The molecule has 0 amide bonds. The van der Waals surface area contributed by atoms with E-state index in [1.165, 1.54) is 70.7 Å². The number of H-pyrrole nitrogens is 1. The molecule has 1 N–H and O–H groups in total. The third kappa shape index (κ3) is 1.60. The predicted octanol–water partition coefficient (Wildman–Crippen LogP) is 7.62. The van der Waals surface area contributed by atoms with Crippen molar-refractivity contribution in [2.24, 2.45) is 0 Å². The number of benzene rings is 5. The van der Waals surface area contributed by atoms with E-state index in [4.69, 9.17) is 0 Å². The van der Waals surface area contributed by atoms with Gasteiger partial charge in [-0.2, -0.15) is 0 Å². The van der Waals surface area contributed by atoms with Gasteiger partial charge < -0.3 is 9.38 Å². The van der Waals surface area contributed by atoms with Gasteiger partial charge in [-0.3, -0.25) is 0 Å². The highest BCUT2D eigenvalue weighted by molar-refractivity contribution is 6.29. The first-order chi connectivity index (χ1) is 14.9. The molecule has 0 saturated carbocycles. The summed E-state index contributed by atoms with van der Waals surface area (Å²) in [7, 11) is 0. The smallest absolute Gasteiger partial charge is 0.0626 e. The van der Waals surface area contributed by atoms with Gasteiger partial charge in [0.1, 0.15) is 0 Å². The molecule has 5 aromatic carbocycles. The van der Waals surface area contributed by atoms with Crippen molar-refractivity contribution in [2.45, 2.75) is 0 Å². The second-order valence-corrected chi connectivity index (χ2v) is 8.30. The molecule has 0 spiro atoms. The zero-order chi connectivity index (χ0) is 19.4. The van der Waals surface area contributed by atoms with Crippen LogP contribution in [0.4, 0.5) is 0 Å². The molecule has 30 heavy (non-hydrogen) atoms. The molecule has 0 aliphatic heterocycles. The van der Waals surface area contributed by atoms with Gasteiger partial charge in [-0.05, 0) is 35.0 Å². The van der Waals surface area contributed by atoms with Crippen LogP contribution in [-0.2, 0) is 0 Å². The highest BCUT2D eigenvalue weighted by Gasteiger charge is 2.18. The average Bonchev–Trinajstić information content (AvgIpc) is 3.32. The molecular weight excluding hydrogens is 364 g/mol. The van der Waals surface area contributed by atoms with Crippen LogP contribution in [0.1, 0.15) is 0 Å². The first kappa shape index (κ1) is 14.9. The van der Waals surface area contributed by atoms with Crippen LogP contribution in [0.25, 0.3) is 70.7 Å². The Hall–Kier alpha value is -4.04. The molecule has 0 aliphatic rings. The van der Waals surface area contributed by atoms with E-state index in [9.17, 15) is 0 Å². The predicted molar refractivity (Wildman–Crippen MR) is 128 cm³/mol. The Labute approximate surface area is 171 Å². The number of fused-ring (bicyclic) bond motifs is 9. The highest BCUT2D eigenvalue weighted by atomic mass is 14.9. The number of nitrogens with one attached hydrogen (secondary N) is 1. The second-order valence-electron chi connectivity index (χ2n) is 8.30. The molecule has 2 heteroatoms. The molecule has 3 heterocycles. The maximum Gasteiger partial charge on any atom is 0.0626 e. The maximum atomic E-state index is 3.63. The maximum absolute atomic E-state index is 3.63. The average molecular weight is 380 g/mol. The molecule has 8 rings (SSSR count). The molecule has 0 unspecified atom stereocenters. The van der Waals surface area contributed by atoms with E-state index >= 15 is 0 Å². The Kier molecular flexibility index (Phi) is 2.44. The molecule has 0 bridgehead atoms.